The molecule has 2 aliphatic rings. The summed E-state index contributed by atoms with van der Waals surface area (Å²) in [4.78, 5) is 15.6. The van der Waals surface area contributed by atoms with Crippen LogP contribution < -0.4 is 11.3 Å². The molecule has 0 aliphatic carbocycles. The third-order valence-electron chi connectivity index (χ3n) is 3.55. The highest BCUT2D eigenvalue weighted by atomic mass is 16.1. The molecule has 0 radical (unpaired) electrons. The lowest BCUT2D eigenvalue weighted by molar-refractivity contribution is 0.859. The van der Waals surface area contributed by atoms with E-state index in [9.17, 15) is 4.79 Å². The molecule has 0 fully saturated rings. The summed E-state index contributed by atoms with van der Waals surface area (Å²) in [5.41, 5.74) is 9.18. The van der Waals surface area contributed by atoms with E-state index in [-0.39, 0.29) is 5.56 Å². The van der Waals surface area contributed by atoms with Crippen LogP contribution in [0.3, 0.4) is 0 Å². The zero-order chi connectivity index (χ0) is 14.4. The second-order valence-corrected chi connectivity index (χ2v) is 4.91. The van der Waals surface area contributed by atoms with Crippen molar-refractivity contribution in [2.45, 2.75) is 0 Å². The number of hydrogen-bond acceptors (Lipinski definition) is 3. The van der Waals surface area contributed by atoms with E-state index in [1.165, 1.54) is 4.68 Å². The molecule has 0 saturated carbocycles. The highest BCUT2D eigenvalue weighted by Crippen LogP contribution is 2.27. The molecule has 4 rings (SSSR count). The van der Waals surface area contributed by atoms with Gasteiger partial charge >= 0.3 is 0 Å². The number of anilines is 1. The first-order valence-corrected chi connectivity index (χ1v) is 6.59. The zero-order valence-corrected chi connectivity index (χ0v) is 11.1. The molecule has 2 aliphatic heterocycles. The predicted molar refractivity (Wildman–Crippen MR) is 82.7 cm³/mol. The molecule has 2 aromatic carbocycles. The Morgan fingerprint density at radius 3 is 2.71 bits per heavy atom. The highest BCUT2D eigenvalue weighted by molar-refractivity contribution is 5.94. The van der Waals surface area contributed by atoms with Gasteiger partial charge in [-0.2, -0.15) is 9.78 Å². The van der Waals surface area contributed by atoms with Gasteiger partial charge in [0.25, 0.3) is 5.56 Å². The lowest BCUT2D eigenvalue weighted by Gasteiger charge is -2.03. The minimum atomic E-state index is -0.133. The minimum Gasteiger partial charge on any atom is -0.399 e. The van der Waals surface area contributed by atoms with Crippen LogP contribution in [-0.4, -0.2) is 14.8 Å². The Morgan fingerprint density at radius 1 is 1.10 bits per heavy atom. The fraction of sp³-hybridized carbons (Fsp3) is 0. The number of fused-ring (bicyclic) bond motifs is 3. The first-order valence-electron chi connectivity index (χ1n) is 6.59. The molecular formula is C16H12N4O. The number of nitrogens with one attached hydrogen (secondary N) is 1. The van der Waals surface area contributed by atoms with E-state index in [1.807, 2.05) is 48.5 Å². The maximum Gasteiger partial charge on any atom is 0.282 e. The van der Waals surface area contributed by atoms with Crippen molar-refractivity contribution in [1.29, 1.82) is 0 Å². The second-order valence-electron chi connectivity index (χ2n) is 4.91. The summed E-state index contributed by atoms with van der Waals surface area (Å²) in [6.07, 6.45) is 1.69. The smallest absolute Gasteiger partial charge is 0.282 e. The van der Waals surface area contributed by atoms with Gasteiger partial charge in [0.2, 0.25) is 0 Å². The number of benzene rings is 2. The fourth-order valence-corrected chi connectivity index (χ4v) is 2.53. The Bertz CT molecular complexity index is 969. The molecule has 0 atom stereocenters. The molecule has 2 heterocycles. The van der Waals surface area contributed by atoms with Crippen LogP contribution in [0.5, 0.6) is 0 Å². The van der Waals surface area contributed by atoms with Crippen LogP contribution >= 0.6 is 0 Å². The lowest BCUT2D eigenvalue weighted by atomic mass is 10.1. The van der Waals surface area contributed by atoms with E-state index >= 15 is 0 Å². The van der Waals surface area contributed by atoms with Crippen LogP contribution in [0.15, 0.2) is 59.5 Å². The summed E-state index contributed by atoms with van der Waals surface area (Å²) in [5, 5.41) is 5.37. The zero-order valence-electron chi connectivity index (χ0n) is 11.1. The molecular weight excluding hydrogens is 264 g/mol. The monoisotopic (exact) mass is 276 g/mol. The van der Waals surface area contributed by atoms with Gasteiger partial charge in [0.05, 0.1) is 11.3 Å². The minimum absolute atomic E-state index is 0.133. The van der Waals surface area contributed by atoms with Gasteiger partial charge in [-0.15, -0.1) is 0 Å². The summed E-state index contributed by atoms with van der Waals surface area (Å²) >= 11 is 0. The number of H-pyrrole nitrogens is 1. The van der Waals surface area contributed by atoms with Gasteiger partial charge in [0.15, 0.2) is 0 Å². The van der Waals surface area contributed by atoms with Gasteiger partial charge < -0.3 is 10.7 Å². The van der Waals surface area contributed by atoms with E-state index in [1.54, 1.807) is 6.20 Å². The molecule has 5 heteroatoms. The summed E-state index contributed by atoms with van der Waals surface area (Å²) in [6, 6.07) is 14.9. The van der Waals surface area contributed by atoms with Crippen molar-refractivity contribution in [3.63, 3.8) is 0 Å². The largest absolute Gasteiger partial charge is 0.399 e. The van der Waals surface area contributed by atoms with Crippen LogP contribution in [0, 0.1) is 0 Å². The molecule has 2 aromatic rings. The normalized spacial score (nSPS) is 11.2. The number of nitrogens with zero attached hydrogens (tertiary/aromatic N) is 2. The SMILES string of the molecule is Nc1ccc2c3nn(-c4ccccc4)c(=O)c-3c[nH]c2c1. The van der Waals surface area contributed by atoms with Gasteiger partial charge in [0, 0.05) is 22.8 Å². The third-order valence-corrected chi connectivity index (χ3v) is 3.55. The Morgan fingerprint density at radius 2 is 1.90 bits per heavy atom. The molecule has 0 aromatic heterocycles. The molecule has 21 heavy (non-hydrogen) atoms. The van der Waals surface area contributed by atoms with E-state index in [0.29, 0.717) is 16.9 Å². The van der Waals surface area contributed by atoms with Gasteiger partial charge in [-0.05, 0) is 30.3 Å². The number of aromatic amines is 1. The number of para-hydroxylation sites is 1. The van der Waals surface area contributed by atoms with Gasteiger partial charge in [-0.25, -0.2) is 0 Å². The van der Waals surface area contributed by atoms with Crippen molar-refractivity contribution in [3.05, 3.63) is 65.1 Å². The second kappa shape index (κ2) is 4.21. The Hall–Kier alpha value is -3.08. The number of hydrogen-bond donors (Lipinski definition) is 2. The van der Waals surface area contributed by atoms with E-state index in [4.69, 9.17) is 5.73 Å². The molecule has 0 unspecified atom stereocenters. The van der Waals surface area contributed by atoms with Gasteiger partial charge in [-0.3, -0.25) is 4.79 Å². The summed E-state index contributed by atoms with van der Waals surface area (Å²) in [5.74, 6) is 0. The Balaban J connectivity index is 2.08. The first-order chi connectivity index (χ1) is 10.2. The molecule has 3 N–H and O–H groups in total. The van der Waals surface area contributed by atoms with Crippen molar-refractivity contribution in [2.24, 2.45) is 0 Å². The molecule has 0 spiro atoms. The summed E-state index contributed by atoms with van der Waals surface area (Å²) in [7, 11) is 0. The lowest BCUT2D eigenvalue weighted by Crippen LogP contribution is -2.14. The Labute approximate surface area is 120 Å². The Kier molecular flexibility index (Phi) is 2.35. The number of aromatic nitrogens is 3. The van der Waals surface area contributed by atoms with Crippen LogP contribution in [0.1, 0.15) is 0 Å². The predicted octanol–water partition coefficient (Wildman–Crippen LogP) is 2.40. The summed E-state index contributed by atoms with van der Waals surface area (Å²) < 4.78 is 1.42. The van der Waals surface area contributed by atoms with Gasteiger partial charge in [0.1, 0.15) is 5.69 Å². The maximum atomic E-state index is 12.5. The first kappa shape index (κ1) is 11.7. The van der Waals surface area contributed by atoms with Crippen LogP contribution in [0.25, 0.3) is 27.8 Å². The molecule has 5 nitrogen and oxygen atoms in total. The maximum absolute atomic E-state index is 12.5. The molecule has 0 amide bonds. The van der Waals surface area contributed by atoms with E-state index in [0.717, 1.165) is 16.6 Å². The average molecular weight is 276 g/mol. The number of rotatable bonds is 1. The average Bonchev–Trinajstić information content (AvgIpc) is 2.85. The van der Waals surface area contributed by atoms with Crippen molar-refractivity contribution >= 4 is 16.6 Å². The summed E-state index contributed by atoms with van der Waals surface area (Å²) in [6.45, 7) is 0. The van der Waals surface area contributed by atoms with Crippen LogP contribution in [0.2, 0.25) is 0 Å². The number of pyridine rings is 1. The highest BCUT2D eigenvalue weighted by Gasteiger charge is 2.18. The quantitative estimate of drug-likeness (QED) is 0.524. The fourth-order valence-electron chi connectivity index (χ4n) is 2.53. The van der Waals surface area contributed by atoms with Crippen LogP contribution in [-0.2, 0) is 0 Å². The topological polar surface area (TPSA) is 76.7 Å². The standard InChI is InChI=1S/C16H12N4O/c17-10-6-7-12-14(8-10)18-9-13-15(12)19-20(16(13)21)11-4-2-1-3-5-11/h1-9,18H,17H2. The van der Waals surface area contributed by atoms with E-state index in [2.05, 4.69) is 10.1 Å². The number of nitrogen functional groups attached to an aromatic ring is 1. The molecule has 0 saturated heterocycles. The van der Waals surface area contributed by atoms with Crippen molar-refractivity contribution in [3.8, 4) is 16.9 Å². The van der Waals surface area contributed by atoms with Crippen molar-refractivity contribution in [1.82, 2.24) is 14.8 Å². The van der Waals surface area contributed by atoms with Crippen LogP contribution in [0.4, 0.5) is 5.69 Å². The molecule has 0 bridgehead atoms. The van der Waals surface area contributed by atoms with E-state index < -0.39 is 0 Å². The molecule has 102 valence electrons. The van der Waals surface area contributed by atoms with Gasteiger partial charge in [-0.1, -0.05) is 18.2 Å². The third kappa shape index (κ3) is 1.71. The van der Waals surface area contributed by atoms with Crippen molar-refractivity contribution < 1.29 is 0 Å². The van der Waals surface area contributed by atoms with Crippen molar-refractivity contribution in [2.75, 3.05) is 5.73 Å². The number of nitrogens with two attached hydrogens (primary N) is 1.